The molecule has 2 aromatic carbocycles. The Kier molecular flexibility index (Phi) is 6.13. The number of amides is 2. The maximum Gasteiger partial charge on any atom is 0.265 e. The molecule has 2 aliphatic rings. The van der Waals surface area contributed by atoms with E-state index in [2.05, 4.69) is 4.90 Å². The molecule has 164 valence electrons. The lowest BCUT2D eigenvalue weighted by atomic mass is 10.1. The van der Waals surface area contributed by atoms with Crippen LogP contribution in [0.3, 0.4) is 0 Å². The lowest BCUT2D eigenvalue weighted by molar-refractivity contribution is -0.140. The van der Waals surface area contributed by atoms with Gasteiger partial charge in [0.05, 0.1) is 12.2 Å². The fraction of sp³-hybridized carbons (Fsp3) is 0.417. The van der Waals surface area contributed by atoms with Gasteiger partial charge in [-0.15, -0.1) is 0 Å². The van der Waals surface area contributed by atoms with Crippen LogP contribution in [-0.2, 0) is 9.59 Å². The van der Waals surface area contributed by atoms with E-state index in [0.717, 1.165) is 18.7 Å². The summed E-state index contributed by atoms with van der Waals surface area (Å²) < 4.78 is 11.8. The highest BCUT2D eigenvalue weighted by Gasteiger charge is 2.36. The van der Waals surface area contributed by atoms with Crippen LogP contribution in [0.1, 0.15) is 11.1 Å². The summed E-state index contributed by atoms with van der Waals surface area (Å²) in [6, 6.07) is 13.1. The van der Waals surface area contributed by atoms with Gasteiger partial charge in [-0.2, -0.15) is 0 Å². The molecule has 0 saturated carbocycles. The Morgan fingerprint density at radius 2 is 1.77 bits per heavy atom. The first kappa shape index (κ1) is 21.2. The van der Waals surface area contributed by atoms with Crippen LogP contribution in [0.25, 0.3) is 0 Å². The Morgan fingerprint density at radius 1 is 1.03 bits per heavy atom. The summed E-state index contributed by atoms with van der Waals surface area (Å²) in [5.41, 5.74) is 2.95. The van der Waals surface area contributed by atoms with Crippen molar-refractivity contribution >= 4 is 17.5 Å². The molecule has 1 fully saturated rings. The molecule has 0 aromatic heterocycles. The molecular weight excluding hydrogens is 394 g/mol. The predicted octanol–water partition coefficient (Wildman–Crippen LogP) is 2.25. The van der Waals surface area contributed by atoms with Crippen molar-refractivity contribution in [1.82, 2.24) is 9.80 Å². The Balaban J connectivity index is 1.48. The summed E-state index contributed by atoms with van der Waals surface area (Å²) in [5, 5.41) is 0. The molecule has 0 bridgehead atoms. The first-order valence-electron chi connectivity index (χ1n) is 10.7. The molecule has 1 atom stereocenters. The molecule has 7 heteroatoms. The first-order valence-corrected chi connectivity index (χ1v) is 10.7. The molecule has 0 aliphatic carbocycles. The van der Waals surface area contributed by atoms with Crippen LogP contribution in [0.5, 0.6) is 11.5 Å². The Morgan fingerprint density at radius 3 is 2.52 bits per heavy atom. The number of anilines is 1. The molecule has 31 heavy (non-hydrogen) atoms. The third-order valence-corrected chi connectivity index (χ3v) is 6.01. The third kappa shape index (κ3) is 4.66. The van der Waals surface area contributed by atoms with Gasteiger partial charge in [0.1, 0.15) is 11.5 Å². The number of fused-ring (bicyclic) bond motifs is 1. The lowest BCUT2D eigenvalue weighted by Gasteiger charge is -2.38. The van der Waals surface area contributed by atoms with Crippen molar-refractivity contribution in [3.05, 3.63) is 53.6 Å². The van der Waals surface area contributed by atoms with E-state index in [0.29, 0.717) is 30.3 Å². The number of para-hydroxylation sites is 2. The zero-order chi connectivity index (χ0) is 22.0. The summed E-state index contributed by atoms with van der Waals surface area (Å²) in [5.74, 6) is 0.921. The normalized spacial score (nSPS) is 18.9. The monoisotopic (exact) mass is 423 g/mol. The average molecular weight is 424 g/mol. The molecule has 1 saturated heterocycles. The van der Waals surface area contributed by atoms with E-state index in [4.69, 9.17) is 9.47 Å². The molecule has 4 rings (SSSR count). The van der Waals surface area contributed by atoms with Gasteiger partial charge in [0.2, 0.25) is 0 Å². The number of rotatable bonds is 4. The molecule has 0 spiro atoms. The molecule has 0 radical (unpaired) electrons. The van der Waals surface area contributed by atoms with Crippen molar-refractivity contribution in [3.8, 4) is 11.5 Å². The van der Waals surface area contributed by atoms with Crippen molar-refractivity contribution < 1.29 is 19.1 Å². The Hall–Kier alpha value is -3.06. The van der Waals surface area contributed by atoms with Gasteiger partial charge < -0.3 is 24.2 Å². The van der Waals surface area contributed by atoms with E-state index < -0.39 is 6.10 Å². The summed E-state index contributed by atoms with van der Waals surface area (Å²) in [6.07, 6.45) is -0.719. The Bertz CT molecular complexity index is 969. The van der Waals surface area contributed by atoms with E-state index in [9.17, 15) is 9.59 Å². The smallest absolute Gasteiger partial charge is 0.265 e. The van der Waals surface area contributed by atoms with Gasteiger partial charge in [0, 0.05) is 26.2 Å². The van der Waals surface area contributed by atoms with Crippen molar-refractivity contribution in [1.29, 1.82) is 0 Å². The number of hydrogen-bond acceptors (Lipinski definition) is 5. The number of benzene rings is 2. The van der Waals surface area contributed by atoms with Crippen LogP contribution >= 0.6 is 0 Å². The summed E-state index contributed by atoms with van der Waals surface area (Å²) in [4.78, 5) is 31.8. The quantitative estimate of drug-likeness (QED) is 0.755. The van der Waals surface area contributed by atoms with Gasteiger partial charge in [0.15, 0.2) is 12.7 Å². The average Bonchev–Trinajstić information content (AvgIpc) is 2.79. The minimum atomic E-state index is -0.719. The summed E-state index contributed by atoms with van der Waals surface area (Å²) in [7, 11) is 2.05. The lowest BCUT2D eigenvalue weighted by Crippen LogP contribution is -2.56. The minimum Gasteiger partial charge on any atom is -0.484 e. The highest BCUT2D eigenvalue weighted by molar-refractivity contribution is 5.98. The number of likely N-dealkylation sites (N-methyl/N-ethyl adjacent to an activating group) is 1. The summed E-state index contributed by atoms with van der Waals surface area (Å²) in [6.45, 7) is 7.12. The van der Waals surface area contributed by atoms with Crippen LogP contribution in [-0.4, -0.2) is 74.1 Å². The van der Waals surface area contributed by atoms with E-state index in [1.807, 2.05) is 62.2 Å². The molecule has 2 amide bonds. The van der Waals surface area contributed by atoms with Crippen LogP contribution in [0.15, 0.2) is 42.5 Å². The van der Waals surface area contributed by atoms with Gasteiger partial charge >= 0.3 is 0 Å². The SMILES string of the molecule is Cc1ccc(OCC(=O)N2C[C@H](C(=O)N3CCN(C)CC3)Oc3ccccc32)cc1C. The third-order valence-electron chi connectivity index (χ3n) is 6.01. The second-order valence-corrected chi connectivity index (χ2v) is 8.24. The predicted molar refractivity (Wildman–Crippen MR) is 119 cm³/mol. The molecule has 0 N–H and O–H groups in total. The molecule has 2 heterocycles. The zero-order valence-corrected chi connectivity index (χ0v) is 18.3. The molecule has 7 nitrogen and oxygen atoms in total. The number of nitrogens with zero attached hydrogens (tertiary/aromatic N) is 3. The second kappa shape index (κ2) is 8.98. The molecular formula is C24H29N3O4. The van der Waals surface area contributed by atoms with Gasteiger partial charge in [-0.3, -0.25) is 9.59 Å². The summed E-state index contributed by atoms with van der Waals surface area (Å²) >= 11 is 0. The number of carbonyl (C=O) groups excluding carboxylic acids is 2. The van der Waals surface area contributed by atoms with Crippen molar-refractivity contribution in [2.45, 2.75) is 20.0 Å². The van der Waals surface area contributed by atoms with Crippen molar-refractivity contribution in [2.75, 3.05) is 51.3 Å². The second-order valence-electron chi connectivity index (χ2n) is 8.24. The number of aryl methyl sites for hydroxylation is 2. The molecule has 2 aromatic rings. The van der Waals surface area contributed by atoms with Crippen LogP contribution in [0.4, 0.5) is 5.69 Å². The Labute approximate surface area is 183 Å². The van der Waals surface area contributed by atoms with E-state index in [1.165, 1.54) is 5.56 Å². The standard InChI is InChI=1S/C24H29N3O4/c1-17-8-9-19(14-18(17)2)30-16-23(28)27-15-22(31-21-7-5-4-6-20(21)27)24(29)26-12-10-25(3)11-13-26/h4-9,14,22H,10-13,15-16H2,1-3H3/t22-/m1/s1. The fourth-order valence-electron chi connectivity index (χ4n) is 3.86. The van der Waals surface area contributed by atoms with Crippen molar-refractivity contribution in [2.24, 2.45) is 0 Å². The number of piperazine rings is 1. The maximum atomic E-state index is 13.1. The number of carbonyl (C=O) groups is 2. The highest BCUT2D eigenvalue weighted by Crippen LogP contribution is 2.33. The molecule has 0 unspecified atom stereocenters. The largest absolute Gasteiger partial charge is 0.484 e. The maximum absolute atomic E-state index is 13.1. The van der Waals surface area contributed by atoms with E-state index in [-0.39, 0.29) is 25.0 Å². The van der Waals surface area contributed by atoms with Gasteiger partial charge in [-0.25, -0.2) is 0 Å². The van der Waals surface area contributed by atoms with Crippen LogP contribution < -0.4 is 14.4 Å². The van der Waals surface area contributed by atoms with E-state index >= 15 is 0 Å². The fourth-order valence-corrected chi connectivity index (χ4v) is 3.86. The van der Waals surface area contributed by atoms with Crippen LogP contribution in [0.2, 0.25) is 0 Å². The minimum absolute atomic E-state index is 0.0736. The van der Waals surface area contributed by atoms with E-state index in [1.54, 1.807) is 11.0 Å². The van der Waals surface area contributed by atoms with Crippen molar-refractivity contribution in [3.63, 3.8) is 0 Å². The van der Waals surface area contributed by atoms with Crippen LogP contribution in [0, 0.1) is 13.8 Å². The van der Waals surface area contributed by atoms with Gasteiger partial charge in [-0.1, -0.05) is 18.2 Å². The number of hydrogen-bond donors (Lipinski definition) is 0. The first-order chi connectivity index (χ1) is 14.9. The molecule has 2 aliphatic heterocycles. The number of ether oxygens (including phenoxy) is 2. The van der Waals surface area contributed by atoms with Gasteiger partial charge in [-0.05, 0) is 56.3 Å². The topological polar surface area (TPSA) is 62.3 Å². The van der Waals surface area contributed by atoms with Gasteiger partial charge in [0.25, 0.3) is 11.8 Å². The highest BCUT2D eigenvalue weighted by atomic mass is 16.5. The zero-order valence-electron chi connectivity index (χ0n) is 18.3.